The first-order valence-electron chi connectivity index (χ1n) is 7.68. The van der Waals surface area contributed by atoms with E-state index in [0.717, 1.165) is 16.7 Å². The maximum absolute atomic E-state index is 11.9. The van der Waals surface area contributed by atoms with Crippen molar-refractivity contribution < 1.29 is 19.1 Å². The quantitative estimate of drug-likeness (QED) is 0.793. The highest BCUT2D eigenvalue weighted by molar-refractivity contribution is 5.97. The smallest absolute Gasteiger partial charge is 0.305 e. The number of hydrogen-bond acceptors (Lipinski definition) is 4. The van der Waals surface area contributed by atoms with Gasteiger partial charge in [-0.25, -0.2) is 0 Å². The van der Waals surface area contributed by atoms with Gasteiger partial charge in [0, 0.05) is 6.42 Å². The third-order valence-corrected chi connectivity index (χ3v) is 3.85. The molecule has 0 fully saturated rings. The van der Waals surface area contributed by atoms with E-state index >= 15 is 0 Å². The maximum atomic E-state index is 11.9. The molecule has 0 saturated heterocycles. The Bertz CT molecular complexity index is 726. The van der Waals surface area contributed by atoms with Gasteiger partial charge in [-0.05, 0) is 36.1 Å². The first-order valence-corrected chi connectivity index (χ1v) is 7.68. The van der Waals surface area contributed by atoms with Gasteiger partial charge in [-0.1, -0.05) is 36.4 Å². The minimum Gasteiger partial charge on any atom is -0.488 e. The highest BCUT2D eigenvalue weighted by Gasteiger charge is 2.16. The second-order valence-corrected chi connectivity index (χ2v) is 5.44. The zero-order chi connectivity index (χ0) is 17.5. The summed E-state index contributed by atoms with van der Waals surface area (Å²) < 4.78 is 10.4. The molecule has 5 heteroatoms. The summed E-state index contributed by atoms with van der Waals surface area (Å²) in [5, 5.41) is 0. The van der Waals surface area contributed by atoms with Gasteiger partial charge in [0.1, 0.15) is 12.4 Å². The SMILES string of the molecule is COC(=O)CCc1ccc(OCc2ccccc2)c(C(N)=O)c1C. The van der Waals surface area contributed by atoms with Crippen LogP contribution in [-0.2, 0) is 22.6 Å². The number of rotatable bonds is 7. The first-order chi connectivity index (χ1) is 11.5. The standard InChI is InChI=1S/C19H21NO4/c1-13-15(9-11-17(21)23-2)8-10-16(18(13)19(20)22)24-12-14-6-4-3-5-7-14/h3-8,10H,9,11-12H2,1-2H3,(H2,20,22). The summed E-state index contributed by atoms with van der Waals surface area (Å²) in [4.78, 5) is 23.2. The lowest BCUT2D eigenvalue weighted by Gasteiger charge is -2.15. The minimum atomic E-state index is -0.546. The van der Waals surface area contributed by atoms with Gasteiger partial charge in [0.25, 0.3) is 5.91 Å². The molecule has 0 unspecified atom stereocenters. The van der Waals surface area contributed by atoms with Crippen LogP contribution in [-0.4, -0.2) is 19.0 Å². The molecule has 2 N–H and O–H groups in total. The van der Waals surface area contributed by atoms with Crippen molar-refractivity contribution in [3.8, 4) is 5.75 Å². The van der Waals surface area contributed by atoms with Crippen molar-refractivity contribution in [1.82, 2.24) is 0 Å². The number of primary amides is 1. The van der Waals surface area contributed by atoms with Gasteiger partial charge < -0.3 is 15.2 Å². The molecule has 2 rings (SSSR count). The predicted molar refractivity (Wildman–Crippen MR) is 90.8 cm³/mol. The van der Waals surface area contributed by atoms with Crippen molar-refractivity contribution in [2.45, 2.75) is 26.4 Å². The van der Waals surface area contributed by atoms with E-state index in [1.165, 1.54) is 7.11 Å². The van der Waals surface area contributed by atoms with E-state index in [2.05, 4.69) is 4.74 Å². The van der Waals surface area contributed by atoms with Crippen LogP contribution in [0.5, 0.6) is 5.75 Å². The van der Waals surface area contributed by atoms with Crippen LogP contribution in [0.4, 0.5) is 0 Å². The number of esters is 1. The highest BCUT2D eigenvalue weighted by atomic mass is 16.5. The maximum Gasteiger partial charge on any atom is 0.305 e. The van der Waals surface area contributed by atoms with Crippen LogP contribution in [0, 0.1) is 6.92 Å². The molecule has 0 atom stereocenters. The lowest BCUT2D eigenvalue weighted by Crippen LogP contribution is -2.16. The van der Waals surface area contributed by atoms with E-state index in [4.69, 9.17) is 10.5 Å². The van der Waals surface area contributed by atoms with Gasteiger partial charge in [-0.3, -0.25) is 9.59 Å². The topological polar surface area (TPSA) is 78.6 Å². The molecule has 0 spiro atoms. The van der Waals surface area contributed by atoms with E-state index in [1.807, 2.05) is 43.3 Å². The monoisotopic (exact) mass is 327 g/mol. The van der Waals surface area contributed by atoms with Crippen LogP contribution in [0.25, 0.3) is 0 Å². The third-order valence-electron chi connectivity index (χ3n) is 3.85. The largest absolute Gasteiger partial charge is 0.488 e. The molecule has 0 saturated carbocycles. The number of benzene rings is 2. The van der Waals surface area contributed by atoms with Crippen molar-refractivity contribution in [1.29, 1.82) is 0 Å². The fourth-order valence-electron chi connectivity index (χ4n) is 2.50. The zero-order valence-corrected chi connectivity index (χ0v) is 13.9. The molecule has 0 aromatic heterocycles. The van der Waals surface area contributed by atoms with Gasteiger partial charge in [0.05, 0.1) is 12.7 Å². The molecule has 0 aliphatic rings. The van der Waals surface area contributed by atoms with E-state index < -0.39 is 5.91 Å². The lowest BCUT2D eigenvalue weighted by atomic mass is 9.97. The number of carbonyl (C=O) groups excluding carboxylic acids is 2. The third kappa shape index (κ3) is 4.35. The van der Waals surface area contributed by atoms with Crippen LogP contribution in [0.2, 0.25) is 0 Å². The molecule has 24 heavy (non-hydrogen) atoms. The summed E-state index contributed by atoms with van der Waals surface area (Å²) in [7, 11) is 1.35. The number of amides is 1. The van der Waals surface area contributed by atoms with Gasteiger partial charge in [0.15, 0.2) is 0 Å². The van der Waals surface area contributed by atoms with E-state index in [9.17, 15) is 9.59 Å². The average Bonchev–Trinajstić information content (AvgIpc) is 2.59. The Kier molecular flexibility index (Phi) is 5.95. The Morgan fingerprint density at radius 1 is 1.08 bits per heavy atom. The molecule has 126 valence electrons. The molecule has 2 aromatic carbocycles. The fraction of sp³-hybridized carbons (Fsp3) is 0.263. The van der Waals surface area contributed by atoms with Crippen molar-refractivity contribution >= 4 is 11.9 Å². The molecule has 0 heterocycles. The second kappa shape index (κ2) is 8.15. The summed E-state index contributed by atoms with van der Waals surface area (Å²) in [6.07, 6.45) is 0.734. The Balaban J connectivity index is 2.20. The molecule has 2 aromatic rings. The molecule has 5 nitrogen and oxygen atoms in total. The fourth-order valence-corrected chi connectivity index (χ4v) is 2.50. The van der Waals surface area contributed by atoms with E-state index in [-0.39, 0.29) is 12.4 Å². The summed E-state index contributed by atoms with van der Waals surface area (Å²) >= 11 is 0. The summed E-state index contributed by atoms with van der Waals surface area (Å²) in [5.74, 6) is -0.388. The Hall–Kier alpha value is -2.82. The molecule has 1 amide bonds. The van der Waals surface area contributed by atoms with Crippen molar-refractivity contribution in [2.24, 2.45) is 5.73 Å². The molecule has 0 bridgehead atoms. The summed E-state index contributed by atoms with van der Waals surface area (Å²) in [5.41, 5.74) is 8.49. The van der Waals surface area contributed by atoms with Gasteiger partial charge in [0.2, 0.25) is 0 Å². The van der Waals surface area contributed by atoms with Crippen LogP contribution in [0.1, 0.15) is 33.5 Å². The number of ether oxygens (including phenoxy) is 2. The number of nitrogens with two attached hydrogens (primary N) is 1. The summed E-state index contributed by atoms with van der Waals surface area (Å²) in [6, 6.07) is 13.2. The van der Waals surface area contributed by atoms with Gasteiger partial charge in [-0.15, -0.1) is 0 Å². The predicted octanol–water partition coefficient (Wildman–Crippen LogP) is 2.78. The Labute approximate surface area is 141 Å². The first kappa shape index (κ1) is 17.5. The van der Waals surface area contributed by atoms with Crippen molar-refractivity contribution in [2.75, 3.05) is 7.11 Å². The number of hydrogen-bond donors (Lipinski definition) is 1. The van der Waals surface area contributed by atoms with Crippen LogP contribution >= 0.6 is 0 Å². The lowest BCUT2D eigenvalue weighted by molar-refractivity contribution is -0.140. The highest BCUT2D eigenvalue weighted by Crippen LogP contribution is 2.26. The Morgan fingerprint density at radius 3 is 2.42 bits per heavy atom. The normalized spacial score (nSPS) is 10.2. The molecule has 0 radical (unpaired) electrons. The molecule has 0 aliphatic heterocycles. The Morgan fingerprint density at radius 2 is 1.79 bits per heavy atom. The van der Waals surface area contributed by atoms with Crippen LogP contribution in [0.3, 0.4) is 0 Å². The minimum absolute atomic E-state index is 0.250. The number of carbonyl (C=O) groups is 2. The second-order valence-electron chi connectivity index (χ2n) is 5.44. The van der Waals surface area contributed by atoms with Gasteiger partial charge in [-0.2, -0.15) is 0 Å². The van der Waals surface area contributed by atoms with E-state index in [0.29, 0.717) is 24.3 Å². The van der Waals surface area contributed by atoms with Gasteiger partial charge >= 0.3 is 5.97 Å². The molecular formula is C19H21NO4. The number of methoxy groups -OCH3 is 1. The zero-order valence-electron chi connectivity index (χ0n) is 13.9. The average molecular weight is 327 g/mol. The van der Waals surface area contributed by atoms with Crippen LogP contribution < -0.4 is 10.5 Å². The summed E-state index contributed by atoms with van der Waals surface area (Å²) in [6.45, 7) is 2.16. The molecular weight excluding hydrogens is 306 g/mol. The molecule has 0 aliphatic carbocycles. The number of aryl methyl sites for hydroxylation is 1. The van der Waals surface area contributed by atoms with Crippen LogP contribution in [0.15, 0.2) is 42.5 Å². The van der Waals surface area contributed by atoms with Crippen molar-refractivity contribution in [3.63, 3.8) is 0 Å². The van der Waals surface area contributed by atoms with E-state index in [1.54, 1.807) is 6.07 Å². The van der Waals surface area contributed by atoms with Crippen molar-refractivity contribution in [3.05, 3.63) is 64.7 Å².